The molecule has 0 unspecified atom stereocenters. The van der Waals surface area contributed by atoms with E-state index in [1.54, 1.807) is 26.8 Å². The fourth-order valence-electron chi connectivity index (χ4n) is 3.76. The number of amides is 2. The molecule has 1 aliphatic carbocycles. The number of alkyl carbamates (subject to hydrolysis) is 1. The lowest BCUT2D eigenvalue weighted by Gasteiger charge is -2.39. The molecule has 8 heteroatoms. The molecule has 0 spiro atoms. The Kier molecular flexibility index (Phi) is 9.16. The van der Waals surface area contributed by atoms with Gasteiger partial charge in [-0.25, -0.2) is 9.18 Å². The Labute approximate surface area is 195 Å². The normalized spacial score (nSPS) is 20.7. The summed E-state index contributed by atoms with van der Waals surface area (Å²) in [5.41, 5.74) is 0.0363. The second-order valence-electron chi connectivity index (χ2n) is 9.25. The van der Waals surface area contributed by atoms with Crippen molar-refractivity contribution in [3.63, 3.8) is 0 Å². The van der Waals surface area contributed by atoms with Crippen molar-refractivity contribution in [2.75, 3.05) is 0 Å². The van der Waals surface area contributed by atoms with Crippen molar-refractivity contribution in [1.82, 2.24) is 10.6 Å². The highest BCUT2D eigenvalue weighted by molar-refractivity contribution is 6.09. The van der Waals surface area contributed by atoms with E-state index in [9.17, 15) is 18.8 Å². The standard InChI is InChI=1S/C25H35FN2O5/c1-7-19(8-2)32-21-14-17(23(30)16-9-11-18(26)12-10-16)13-20(22(21)27-15(3)29)28-24(31)33-25(4,5)6/h9-12,14,19-22H,7-8,13H2,1-6H3,(H,27,29)(H,28,31)/t20-,21+,22+/m0/s1. The van der Waals surface area contributed by atoms with Crippen molar-refractivity contribution < 1.29 is 28.2 Å². The molecule has 0 radical (unpaired) electrons. The van der Waals surface area contributed by atoms with E-state index in [-0.39, 0.29) is 24.2 Å². The van der Waals surface area contributed by atoms with E-state index in [1.165, 1.54) is 31.2 Å². The monoisotopic (exact) mass is 462 g/mol. The molecule has 0 heterocycles. The van der Waals surface area contributed by atoms with Gasteiger partial charge in [-0.1, -0.05) is 13.8 Å². The first kappa shape index (κ1) is 26.5. The average molecular weight is 463 g/mol. The molecule has 0 saturated heterocycles. The number of ether oxygens (including phenoxy) is 2. The number of Topliss-reactive ketones (excluding diaryl/α,β-unsaturated/α-hetero) is 1. The molecule has 0 fully saturated rings. The smallest absolute Gasteiger partial charge is 0.407 e. The summed E-state index contributed by atoms with van der Waals surface area (Å²) < 4.78 is 25.0. The lowest BCUT2D eigenvalue weighted by atomic mass is 9.84. The van der Waals surface area contributed by atoms with E-state index < -0.39 is 35.7 Å². The molecule has 0 aromatic heterocycles. The van der Waals surface area contributed by atoms with E-state index in [1.807, 2.05) is 13.8 Å². The van der Waals surface area contributed by atoms with Crippen molar-refractivity contribution in [3.05, 3.63) is 47.3 Å². The van der Waals surface area contributed by atoms with Crippen LogP contribution in [0.5, 0.6) is 0 Å². The number of ketones is 1. The molecule has 1 aromatic carbocycles. The third-order valence-electron chi connectivity index (χ3n) is 5.32. The van der Waals surface area contributed by atoms with Gasteiger partial charge in [0.15, 0.2) is 5.78 Å². The molecule has 0 bridgehead atoms. The number of benzene rings is 1. The molecule has 1 aliphatic rings. The summed E-state index contributed by atoms with van der Waals surface area (Å²) >= 11 is 0. The highest BCUT2D eigenvalue weighted by Gasteiger charge is 2.39. The Hall–Kier alpha value is -2.74. The highest BCUT2D eigenvalue weighted by Crippen LogP contribution is 2.27. The second kappa shape index (κ2) is 11.4. The van der Waals surface area contributed by atoms with Crippen LogP contribution < -0.4 is 10.6 Å². The van der Waals surface area contributed by atoms with Crippen LogP contribution in [0, 0.1) is 5.82 Å². The Bertz CT molecular complexity index is 872. The van der Waals surface area contributed by atoms with Crippen molar-refractivity contribution in [1.29, 1.82) is 0 Å². The van der Waals surface area contributed by atoms with Crippen molar-refractivity contribution >= 4 is 17.8 Å². The predicted octanol–water partition coefficient (Wildman–Crippen LogP) is 4.31. The molecular formula is C25H35FN2O5. The number of carbonyl (C=O) groups is 3. The molecule has 182 valence electrons. The summed E-state index contributed by atoms with van der Waals surface area (Å²) in [6.07, 6.45) is 1.97. The Morgan fingerprint density at radius 2 is 1.70 bits per heavy atom. The Balaban J connectivity index is 2.42. The van der Waals surface area contributed by atoms with Gasteiger partial charge in [0.25, 0.3) is 0 Å². The van der Waals surface area contributed by atoms with Crippen LogP contribution in [-0.2, 0) is 14.3 Å². The van der Waals surface area contributed by atoms with E-state index in [0.717, 1.165) is 12.8 Å². The summed E-state index contributed by atoms with van der Waals surface area (Å²) in [6, 6.07) is 4.06. The maximum absolute atomic E-state index is 13.3. The van der Waals surface area contributed by atoms with Gasteiger partial charge >= 0.3 is 6.09 Å². The quantitative estimate of drug-likeness (QED) is 0.562. The van der Waals surface area contributed by atoms with Gasteiger partial charge in [0.2, 0.25) is 5.91 Å². The Morgan fingerprint density at radius 3 is 2.21 bits per heavy atom. The van der Waals surface area contributed by atoms with Gasteiger partial charge in [0.1, 0.15) is 11.4 Å². The Morgan fingerprint density at radius 1 is 1.09 bits per heavy atom. The van der Waals surface area contributed by atoms with E-state index >= 15 is 0 Å². The summed E-state index contributed by atoms with van der Waals surface area (Å²) in [5, 5.41) is 5.68. The maximum Gasteiger partial charge on any atom is 0.407 e. The number of halogens is 1. The lowest BCUT2D eigenvalue weighted by Crippen LogP contribution is -2.60. The van der Waals surface area contributed by atoms with Crippen LogP contribution in [0.1, 0.15) is 71.2 Å². The minimum absolute atomic E-state index is 0.0926. The van der Waals surface area contributed by atoms with Crippen LogP contribution in [0.15, 0.2) is 35.9 Å². The predicted molar refractivity (Wildman–Crippen MR) is 123 cm³/mol. The van der Waals surface area contributed by atoms with E-state index in [2.05, 4.69) is 10.6 Å². The van der Waals surface area contributed by atoms with E-state index in [4.69, 9.17) is 9.47 Å². The number of rotatable bonds is 8. The first-order chi connectivity index (χ1) is 15.4. The molecule has 1 aromatic rings. The van der Waals surface area contributed by atoms with Gasteiger partial charge in [0.05, 0.1) is 24.3 Å². The first-order valence-corrected chi connectivity index (χ1v) is 11.4. The molecule has 0 aliphatic heterocycles. The molecular weight excluding hydrogens is 427 g/mol. The number of carbonyl (C=O) groups excluding carboxylic acids is 3. The largest absolute Gasteiger partial charge is 0.444 e. The molecule has 0 saturated carbocycles. The fraction of sp³-hybridized carbons (Fsp3) is 0.560. The number of nitrogens with one attached hydrogen (secondary N) is 2. The van der Waals surface area contributed by atoms with Gasteiger partial charge in [-0.2, -0.15) is 0 Å². The summed E-state index contributed by atoms with van der Waals surface area (Å²) in [5.74, 6) is -1.00. The fourth-order valence-corrected chi connectivity index (χ4v) is 3.76. The minimum atomic E-state index is -0.712. The average Bonchev–Trinajstić information content (AvgIpc) is 2.72. The molecule has 2 rings (SSSR count). The van der Waals surface area contributed by atoms with Crippen LogP contribution in [0.3, 0.4) is 0 Å². The highest BCUT2D eigenvalue weighted by atomic mass is 19.1. The first-order valence-electron chi connectivity index (χ1n) is 11.4. The van der Waals surface area contributed by atoms with Crippen molar-refractivity contribution in [2.24, 2.45) is 0 Å². The maximum atomic E-state index is 13.3. The lowest BCUT2D eigenvalue weighted by molar-refractivity contribution is -0.121. The van der Waals surface area contributed by atoms with Gasteiger partial charge < -0.3 is 20.1 Å². The zero-order valence-corrected chi connectivity index (χ0v) is 20.2. The zero-order valence-electron chi connectivity index (χ0n) is 20.2. The van der Waals surface area contributed by atoms with Crippen molar-refractivity contribution in [2.45, 2.75) is 90.7 Å². The van der Waals surface area contributed by atoms with E-state index in [0.29, 0.717) is 11.1 Å². The molecule has 33 heavy (non-hydrogen) atoms. The van der Waals surface area contributed by atoms with Crippen LogP contribution in [0.25, 0.3) is 0 Å². The van der Waals surface area contributed by atoms with Crippen molar-refractivity contribution in [3.8, 4) is 0 Å². The molecule has 2 N–H and O–H groups in total. The van der Waals surface area contributed by atoms with Crippen LogP contribution in [-0.4, -0.2) is 47.7 Å². The summed E-state index contributed by atoms with van der Waals surface area (Å²) in [7, 11) is 0. The van der Waals surface area contributed by atoms with Crippen LogP contribution in [0.4, 0.5) is 9.18 Å². The summed E-state index contributed by atoms with van der Waals surface area (Å²) in [6.45, 7) is 10.6. The number of hydrogen-bond donors (Lipinski definition) is 2. The van der Waals surface area contributed by atoms with Gasteiger partial charge in [0, 0.05) is 18.1 Å². The van der Waals surface area contributed by atoms with Gasteiger partial charge in [-0.15, -0.1) is 0 Å². The van der Waals surface area contributed by atoms with Crippen LogP contribution in [0.2, 0.25) is 0 Å². The van der Waals surface area contributed by atoms with Gasteiger partial charge in [-0.3, -0.25) is 9.59 Å². The third-order valence-corrected chi connectivity index (χ3v) is 5.32. The molecule has 3 atom stereocenters. The molecule has 7 nitrogen and oxygen atoms in total. The SMILES string of the molecule is CCC(CC)O[C@@H]1C=C(C(=O)c2ccc(F)cc2)C[C@H](NC(=O)OC(C)(C)C)[C@H]1NC(C)=O. The second-order valence-corrected chi connectivity index (χ2v) is 9.25. The summed E-state index contributed by atoms with van der Waals surface area (Å²) in [4.78, 5) is 37.7. The third kappa shape index (κ3) is 7.96. The minimum Gasteiger partial charge on any atom is -0.444 e. The molecule has 2 amide bonds. The van der Waals surface area contributed by atoms with Gasteiger partial charge in [-0.05, 0) is 70.4 Å². The topological polar surface area (TPSA) is 93.7 Å². The van der Waals surface area contributed by atoms with Crippen LogP contribution >= 0.6 is 0 Å². The zero-order chi connectivity index (χ0) is 24.8. The number of hydrogen-bond acceptors (Lipinski definition) is 5.